The predicted molar refractivity (Wildman–Crippen MR) is 154 cm³/mol. The second kappa shape index (κ2) is 17.4. The van der Waals surface area contributed by atoms with E-state index in [1.165, 1.54) is 19.3 Å². The van der Waals surface area contributed by atoms with Gasteiger partial charge in [-0.2, -0.15) is 15.0 Å². The fraction of sp³-hybridized carbons (Fsp3) is 0.654. The predicted octanol–water partition coefficient (Wildman–Crippen LogP) is 0.470. The SMILES string of the molecule is CCCC=O.CN1CCNCC1.Nc1ncc(-c2nc(N3CCOCC3)nc(N3CCN(C=O)CC3)n2)c(C(F)F)n1. The summed E-state index contributed by atoms with van der Waals surface area (Å²) in [5, 5.41) is 3.27. The number of carbonyl (C=O) groups is 2. The number of piperazine rings is 2. The van der Waals surface area contributed by atoms with Crippen LogP contribution in [-0.4, -0.2) is 133 Å². The number of nitrogens with one attached hydrogen (secondary N) is 1. The van der Waals surface area contributed by atoms with Gasteiger partial charge in [-0.05, 0) is 13.5 Å². The van der Waals surface area contributed by atoms with Crippen molar-refractivity contribution in [2.45, 2.75) is 26.2 Å². The summed E-state index contributed by atoms with van der Waals surface area (Å²) in [4.78, 5) is 49.1. The molecule has 0 aromatic carbocycles. The third-order valence-corrected chi connectivity index (χ3v) is 6.68. The number of aldehydes is 1. The van der Waals surface area contributed by atoms with Crippen molar-refractivity contribution in [1.29, 1.82) is 0 Å². The first-order valence-corrected chi connectivity index (χ1v) is 14.1. The summed E-state index contributed by atoms with van der Waals surface area (Å²) in [6.45, 7) is 11.0. The van der Waals surface area contributed by atoms with Crippen molar-refractivity contribution in [2.24, 2.45) is 0 Å². The van der Waals surface area contributed by atoms with E-state index in [-0.39, 0.29) is 17.3 Å². The zero-order valence-electron chi connectivity index (χ0n) is 24.3. The number of unbranched alkanes of at least 4 members (excludes halogenated alkanes) is 1. The number of anilines is 3. The van der Waals surface area contributed by atoms with Gasteiger partial charge in [-0.15, -0.1) is 0 Å². The van der Waals surface area contributed by atoms with E-state index in [1.54, 1.807) is 4.90 Å². The number of rotatable bonds is 7. The molecule has 3 aliphatic rings. The Morgan fingerprint density at radius 1 is 0.952 bits per heavy atom. The van der Waals surface area contributed by atoms with E-state index < -0.39 is 12.1 Å². The van der Waals surface area contributed by atoms with E-state index in [2.05, 4.69) is 42.2 Å². The first-order chi connectivity index (χ1) is 20.4. The maximum absolute atomic E-state index is 13.6. The van der Waals surface area contributed by atoms with Crippen molar-refractivity contribution in [3.63, 3.8) is 0 Å². The Morgan fingerprint density at radius 3 is 2.05 bits per heavy atom. The minimum atomic E-state index is -2.87. The van der Waals surface area contributed by atoms with Crippen LogP contribution in [-0.2, 0) is 14.3 Å². The van der Waals surface area contributed by atoms with Gasteiger partial charge >= 0.3 is 0 Å². The number of hydrogen-bond acceptors (Lipinski definition) is 13. The van der Waals surface area contributed by atoms with E-state index >= 15 is 0 Å². The highest BCUT2D eigenvalue weighted by atomic mass is 19.3. The molecule has 42 heavy (non-hydrogen) atoms. The van der Waals surface area contributed by atoms with Crippen molar-refractivity contribution < 1.29 is 23.1 Å². The molecule has 0 spiro atoms. The number of ether oxygens (including phenoxy) is 1. The van der Waals surface area contributed by atoms with Crippen LogP contribution in [0, 0.1) is 0 Å². The summed E-state index contributed by atoms with van der Waals surface area (Å²) >= 11 is 0. The first-order valence-electron chi connectivity index (χ1n) is 14.1. The molecule has 3 fully saturated rings. The van der Waals surface area contributed by atoms with E-state index in [0.29, 0.717) is 70.8 Å². The molecular formula is C26H41F2N11O3. The van der Waals surface area contributed by atoms with Crippen LogP contribution < -0.4 is 20.9 Å². The Kier molecular flexibility index (Phi) is 13.6. The van der Waals surface area contributed by atoms with Gasteiger partial charge in [-0.25, -0.2) is 18.7 Å². The second-order valence-electron chi connectivity index (χ2n) is 9.82. The topological polar surface area (TPSA) is 159 Å². The molecular weight excluding hydrogens is 552 g/mol. The fourth-order valence-electron chi connectivity index (χ4n) is 4.19. The van der Waals surface area contributed by atoms with Crippen LogP contribution >= 0.6 is 0 Å². The molecule has 16 heteroatoms. The number of aromatic nitrogens is 5. The highest BCUT2D eigenvalue weighted by Crippen LogP contribution is 2.29. The minimum Gasteiger partial charge on any atom is -0.378 e. The van der Waals surface area contributed by atoms with Crippen molar-refractivity contribution in [2.75, 3.05) is 101 Å². The molecule has 232 valence electrons. The molecule has 14 nitrogen and oxygen atoms in total. The molecule has 1 amide bonds. The standard InChI is InChI=1S/C17H21F2N9O2.C5H12N2.C4H8O/c18-13(19)12-11(9-21-15(20)22-12)14-23-16(27-3-1-26(10-29)2-4-27)25-17(24-14)28-5-7-30-8-6-28;1-7-4-2-6-3-5-7;1-2-3-4-5/h9-10,13H,1-8H2,(H2,20,21,22);6H,2-5H2,1H3;4H,2-3H2,1H3. The quantitative estimate of drug-likeness (QED) is 0.427. The van der Waals surface area contributed by atoms with Crippen LogP contribution in [0.3, 0.4) is 0 Å². The number of morpholine rings is 1. The van der Waals surface area contributed by atoms with Crippen LogP contribution in [0.5, 0.6) is 0 Å². The van der Waals surface area contributed by atoms with Gasteiger partial charge in [0.05, 0.1) is 18.8 Å². The Labute approximate surface area is 244 Å². The Hall–Kier alpha value is -3.63. The van der Waals surface area contributed by atoms with Crippen molar-refractivity contribution in [3.05, 3.63) is 11.9 Å². The van der Waals surface area contributed by atoms with Crippen molar-refractivity contribution in [1.82, 2.24) is 40.0 Å². The molecule has 3 aliphatic heterocycles. The molecule has 2 aromatic heterocycles. The average molecular weight is 594 g/mol. The summed E-state index contributed by atoms with van der Waals surface area (Å²) in [7, 11) is 2.15. The van der Waals surface area contributed by atoms with Gasteiger partial charge in [-0.3, -0.25) is 4.79 Å². The first kappa shape index (κ1) is 32.9. The number of likely N-dealkylation sites (N-methyl/N-ethyl adjacent to an activating group) is 1. The highest BCUT2D eigenvalue weighted by Gasteiger charge is 2.25. The van der Waals surface area contributed by atoms with Crippen LogP contribution in [0.25, 0.3) is 11.4 Å². The normalized spacial score (nSPS) is 17.6. The number of nitrogen functional groups attached to an aromatic ring is 1. The van der Waals surface area contributed by atoms with Gasteiger partial charge in [0, 0.05) is 78.1 Å². The summed E-state index contributed by atoms with van der Waals surface area (Å²) in [5.41, 5.74) is 4.97. The van der Waals surface area contributed by atoms with Gasteiger partial charge in [0.25, 0.3) is 6.43 Å². The van der Waals surface area contributed by atoms with Gasteiger partial charge in [0.15, 0.2) is 5.82 Å². The molecule has 0 saturated carbocycles. The lowest BCUT2D eigenvalue weighted by Crippen LogP contribution is -2.46. The number of halogens is 2. The Balaban J connectivity index is 0.000000336. The third kappa shape index (κ3) is 10.0. The van der Waals surface area contributed by atoms with Crippen molar-refractivity contribution in [3.8, 4) is 11.4 Å². The summed E-state index contributed by atoms with van der Waals surface area (Å²) in [5.74, 6) is 0.522. The molecule has 2 aromatic rings. The van der Waals surface area contributed by atoms with Gasteiger partial charge in [0.2, 0.25) is 24.3 Å². The van der Waals surface area contributed by atoms with Crippen LogP contribution in [0.1, 0.15) is 31.9 Å². The Bertz CT molecular complexity index is 1110. The molecule has 5 heterocycles. The molecule has 0 unspecified atom stereocenters. The van der Waals surface area contributed by atoms with E-state index in [1.807, 2.05) is 16.7 Å². The maximum Gasteiger partial charge on any atom is 0.281 e. The lowest BCUT2D eigenvalue weighted by atomic mass is 10.2. The number of alkyl halides is 2. The summed E-state index contributed by atoms with van der Waals surface area (Å²) in [6, 6.07) is 0. The molecule has 3 N–H and O–H groups in total. The monoisotopic (exact) mass is 593 g/mol. The van der Waals surface area contributed by atoms with Gasteiger partial charge < -0.3 is 40.2 Å². The molecule has 0 atom stereocenters. The molecule has 0 aliphatic carbocycles. The smallest absolute Gasteiger partial charge is 0.281 e. The number of nitrogens with zero attached hydrogens (tertiary/aromatic N) is 9. The largest absolute Gasteiger partial charge is 0.378 e. The van der Waals surface area contributed by atoms with Crippen LogP contribution in [0.4, 0.5) is 26.6 Å². The lowest BCUT2D eigenvalue weighted by Gasteiger charge is -2.33. The molecule has 5 rings (SSSR count). The lowest BCUT2D eigenvalue weighted by molar-refractivity contribution is -0.118. The van der Waals surface area contributed by atoms with Crippen molar-refractivity contribution >= 4 is 30.5 Å². The molecule has 0 bridgehead atoms. The van der Waals surface area contributed by atoms with Gasteiger partial charge in [0.1, 0.15) is 12.0 Å². The number of nitrogens with two attached hydrogens (primary N) is 1. The number of carbonyl (C=O) groups excluding carboxylic acids is 2. The van der Waals surface area contributed by atoms with Gasteiger partial charge in [-0.1, -0.05) is 6.92 Å². The number of hydrogen-bond donors (Lipinski definition) is 2. The maximum atomic E-state index is 13.6. The van der Waals surface area contributed by atoms with E-state index in [9.17, 15) is 18.4 Å². The van der Waals surface area contributed by atoms with Crippen LogP contribution in [0.15, 0.2) is 6.20 Å². The zero-order valence-corrected chi connectivity index (χ0v) is 24.3. The average Bonchev–Trinajstić information content (AvgIpc) is 3.02. The highest BCUT2D eigenvalue weighted by molar-refractivity contribution is 5.61. The summed E-state index contributed by atoms with van der Waals surface area (Å²) in [6.07, 6.45) is 1.75. The zero-order chi connectivity index (χ0) is 30.3. The van der Waals surface area contributed by atoms with E-state index in [0.717, 1.165) is 32.2 Å². The number of amides is 1. The van der Waals surface area contributed by atoms with Crippen LogP contribution in [0.2, 0.25) is 0 Å². The Morgan fingerprint density at radius 2 is 1.57 bits per heavy atom. The van der Waals surface area contributed by atoms with E-state index in [4.69, 9.17) is 10.5 Å². The minimum absolute atomic E-state index is 0.00360. The fourth-order valence-corrected chi connectivity index (χ4v) is 4.19. The molecule has 3 saturated heterocycles. The summed E-state index contributed by atoms with van der Waals surface area (Å²) < 4.78 is 32.6. The second-order valence-corrected chi connectivity index (χ2v) is 9.82. The third-order valence-electron chi connectivity index (χ3n) is 6.68. The molecule has 0 radical (unpaired) electrons.